The number of rotatable bonds is 3. The first kappa shape index (κ1) is 19.9. The van der Waals surface area contributed by atoms with Crippen LogP contribution in [0.1, 0.15) is 84.5 Å². The lowest BCUT2D eigenvalue weighted by atomic mass is 9.89. The molecule has 1 aliphatic carbocycles. The lowest BCUT2D eigenvalue weighted by Crippen LogP contribution is -2.40. The minimum absolute atomic E-state index is 0.143. The van der Waals surface area contributed by atoms with Gasteiger partial charge >= 0.3 is 6.18 Å². The fourth-order valence-corrected chi connectivity index (χ4v) is 4.38. The molecule has 1 saturated carbocycles. The first-order valence-corrected chi connectivity index (χ1v) is 10.2. The summed E-state index contributed by atoms with van der Waals surface area (Å²) in [6.07, 6.45) is 2.54. The van der Waals surface area contributed by atoms with Gasteiger partial charge in [-0.15, -0.1) is 10.2 Å². The molecule has 0 bridgehead atoms. The molecule has 4 rings (SSSR count). The summed E-state index contributed by atoms with van der Waals surface area (Å²) < 4.78 is 45.8. The highest BCUT2D eigenvalue weighted by molar-refractivity contribution is 5.96. The van der Waals surface area contributed by atoms with Gasteiger partial charge < -0.3 is 9.32 Å². The second kappa shape index (κ2) is 8.16. The van der Waals surface area contributed by atoms with Crippen LogP contribution in [0, 0.1) is 0 Å². The predicted octanol–water partition coefficient (Wildman–Crippen LogP) is 5.16. The molecular formula is C21H24F3N3O2. The van der Waals surface area contributed by atoms with E-state index in [1.165, 1.54) is 29.5 Å². The highest BCUT2D eigenvalue weighted by atomic mass is 19.4. The number of piperidine rings is 1. The Morgan fingerprint density at radius 2 is 1.62 bits per heavy atom. The number of hydrogen-bond acceptors (Lipinski definition) is 4. The number of likely N-dealkylation sites (tertiary alicyclic amines) is 1. The van der Waals surface area contributed by atoms with Gasteiger partial charge in [0.05, 0.1) is 17.0 Å². The number of aromatic nitrogens is 2. The number of alkyl halides is 3. The van der Waals surface area contributed by atoms with Gasteiger partial charge in [-0.25, -0.2) is 0 Å². The summed E-state index contributed by atoms with van der Waals surface area (Å²) in [6.45, 7) is 0.711. The van der Waals surface area contributed by atoms with E-state index in [4.69, 9.17) is 4.42 Å². The number of nitrogens with zero attached hydrogens (tertiary/aromatic N) is 3. The normalized spacial score (nSPS) is 21.3. The number of amides is 1. The van der Waals surface area contributed by atoms with E-state index in [9.17, 15) is 18.0 Å². The summed E-state index contributed by atoms with van der Waals surface area (Å²) in [4.78, 5) is 14.3. The number of carbonyl (C=O) groups excluding carboxylic acids is 1. The molecule has 8 heteroatoms. The fraction of sp³-hybridized carbons (Fsp3) is 0.571. The van der Waals surface area contributed by atoms with Crippen LogP contribution in [0.5, 0.6) is 0 Å². The van der Waals surface area contributed by atoms with Crippen LogP contribution in [0.15, 0.2) is 28.7 Å². The smallest absolute Gasteiger partial charge is 0.417 e. The summed E-state index contributed by atoms with van der Waals surface area (Å²) in [5.41, 5.74) is -1.21. The summed E-state index contributed by atoms with van der Waals surface area (Å²) in [7, 11) is 0. The quantitative estimate of drug-likeness (QED) is 0.706. The van der Waals surface area contributed by atoms with Gasteiger partial charge in [0.2, 0.25) is 11.8 Å². The number of benzene rings is 1. The molecular weight excluding hydrogens is 383 g/mol. The maximum atomic E-state index is 13.3. The molecule has 156 valence electrons. The van der Waals surface area contributed by atoms with E-state index in [-0.39, 0.29) is 18.0 Å². The van der Waals surface area contributed by atoms with E-state index in [2.05, 4.69) is 10.2 Å². The van der Waals surface area contributed by atoms with E-state index >= 15 is 0 Å². The third-order valence-corrected chi connectivity index (χ3v) is 5.93. The molecule has 0 N–H and O–H groups in total. The Hall–Kier alpha value is -2.38. The second-order valence-corrected chi connectivity index (χ2v) is 7.95. The number of halogens is 3. The Morgan fingerprint density at radius 3 is 2.34 bits per heavy atom. The Bertz CT molecular complexity index is 859. The van der Waals surface area contributed by atoms with Gasteiger partial charge in [-0.05, 0) is 37.8 Å². The van der Waals surface area contributed by atoms with Crippen molar-refractivity contribution in [3.8, 4) is 0 Å². The third kappa shape index (κ3) is 4.31. The van der Waals surface area contributed by atoms with Crippen LogP contribution in [0.4, 0.5) is 13.2 Å². The van der Waals surface area contributed by atoms with E-state index in [1.54, 1.807) is 0 Å². The average molecular weight is 407 g/mol. The molecule has 1 aromatic carbocycles. The molecule has 1 amide bonds. The predicted molar refractivity (Wildman–Crippen MR) is 99.4 cm³/mol. The third-order valence-electron chi connectivity index (χ3n) is 5.93. The highest BCUT2D eigenvalue weighted by Gasteiger charge is 2.37. The zero-order valence-electron chi connectivity index (χ0n) is 16.1. The number of carbonyl (C=O) groups is 1. The molecule has 2 fully saturated rings. The first-order valence-electron chi connectivity index (χ1n) is 10.2. The van der Waals surface area contributed by atoms with Crippen molar-refractivity contribution in [2.75, 3.05) is 13.1 Å². The summed E-state index contributed by atoms with van der Waals surface area (Å²) >= 11 is 0. The minimum atomic E-state index is -4.57. The Balaban J connectivity index is 1.49. The van der Waals surface area contributed by atoms with Crippen molar-refractivity contribution in [3.63, 3.8) is 0 Å². The maximum absolute atomic E-state index is 13.3. The topological polar surface area (TPSA) is 59.2 Å². The van der Waals surface area contributed by atoms with Crippen LogP contribution < -0.4 is 0 Å². The second-order valence-electron chi connectivity index (χ2n) is 7.95. The molecule has 1 aromatic heterocycles. The van der Waals surface area contributed by atoms with Crippen molar-refractivity contribution < 1.29 is 22.4 Å². The molecule has 1 aliphatic heterocycles. The monoisotopic (exact) mass is 407 g/mol. The molecule has 2 heterocycles. The Kier molecular flexibility index (Phi) is 5.61. The largest absolute Gasteiger partial charge is 0.425 e. The van der Waals surface area contributed by atoms with Crippen LogP contribution in [0.25, 0.3) is 0 Å². The van der Waals surface area contributed by atoms with Crippen molar-refractivity contribution in [1.82, 2.24) is 15.1 Å². The molecule has 1 unspecified atom stereocenters. The zero-order valence-corrected chi connectivity index (χ0v) is 16.1. The van der Waals surface area contributed by atoms with Crippen molar-refractivity contribution >= 4 is 5.91 Å². The van der Waals surface area contributed by atoms with Crippen LogP contribution in [-0.4, -0.2) is 34.1 Å². The molecule has 5 nitrogen and oxygen atoms in total. The van der Waals surface area contributed by atoms with Crippen molar-refractivity contribution in [2.45, 2.75) is 63.0 Å². The lowest BCUT2D eigenvalue weighted by Gasteiger charge is -2.31. The molecule has 1 saturated heterocycles. The molecule has 0 radical (unpaired) electrons. The van der Waals surface area contributed by atoms with Gasteiger partial charge in [0, 0.05) is 19.0 Å². The molecule has 1 atom stereocenters. The van der Waals surface area contributed by atoms with Gasteiger partial charge in [0.15, 0.2) is 0 Å². The SMILES string of the molecule is O=C(c1ccccc1C(F)(F)F)N1CCCC(c2nnc(C3CCCCC3)o2)C1. The summed E-state index contributed by atoms with van der Waals surface area (Å²) in [5, 5.41) is 8.42. The number of hydrogen-bond donors (Lipinski definition) is 0. The summed E-state index contributed by atoms with van der Waals surface area (Å²) in [6, 6.07) is 4.94. The van der Waals surface area contributed by atoms with E-state index in [0.29, 0.717) is 30.7 Å². The van der Waals surface area contributed by atoms with Gasteiger partial charge in [0.25, 0.3) is 5.91 Å². The molecule has 0 spiro atoms. The van der Waals surface area contributed by atoms with Crippen LogP contribution >= 0.6 is 0 Å². The standard InChI is InChI=1S/C21H24F3N3O2/c22-21(23,24)17-11-5-4-10-16(17)20(28)27-12-6-9-15(13-27)19-26-25-18(29-19)14-7-2-1-3-8-14/h4-5,10-11,14-15H,1-3,6-9,12-13H2. The first-order chi connectivity index (χ1) is 13.9. The van der Waals surface area contributed by atoms with Gasteiger partial charge in [0.1, 0.15) is 0 Å². The molecule has 29 heavy (non-hydrogen) atoms. The van der Waals surface area contributed by atoms with Crippen molar-refractivity contribution in [1.29, 1.82) is 0 Å². The van der Waals surface area contributed by atoms with Crippen molar-refractivity contribution in [3.05, 3.63) is 47.2 Å². The summed E-state index contributed by atoms with van der Waals surface area (Å²) in [5.74, 6) is 0.702. The van der Waals surface area contributed by atoms with Gasteiger partial charge in [-0.2, -0.15) is 13.2 Å². The van der Waals surface area contributed by atoms with Gasteiger partial charge in [-0.3, -0.25) is 4.79 Å². The average Bonchev–Trinajstić information content (AvgIpc) is 3.24. The van der Waals surface area contributed by atoms with Crippen LogP contribution in [-0.2, 0) is 6.18 Å². The Morgan fingerprint density at radius 1 is 0.966 bits per heavy atom. The minimum Gasteiger partial charge on any atom is -0.425 e. The van der Waals surface area contributed by atoms with Crippen LogP contribution in [0.2, 0.25) is 0 Å². The molecule has 2 aromatic rings. The van der Waals surface area contributed by atoms with E-state index < -0.39 is 17.6 Å². The van der Waals surface area contributed by atoms with Crippen LogP contribution in [0.3, 0.4) is 0 Å². The van der Waals surface area contributed by atoms with E-state index in [0.717, 1.165) is 38.2 Å². The lowest BCUT2D eigenvalue weighted by molar-refractivity contribution is -0.138. The fourth-order valence-electron chi connectivity index (χ4n) is 4.38. The molecule has 2 aliphatic rings. The highest BCUT2D eigenvalue weighted by Crippen LogP contribution is 2.35. The van der Waals surface area contributed by atoms with Gasteiger partial charge in [-0.1, -0.05) is 31.4 Å². The maximum Gasteiger partial charge on any atom is 0.417 e. The van der Waals surface area contributed by atoms with Crippen molar-refractivity contribution in [2.24, 2.45) is 0 Å². The van der Waals surface area contributed by atoms with E-state index in [1.807, 2.05) is 0 Å². The Labute approximate surface area is 167 Å². The zero-order chi connectivity index (χ0) is 20.4.